The number of hydrogen-bond donors (Lipinski definition) is 3. The first-order valence-electron chi connectivity index (χ1n) is 10.2. The number of aromatic nitrogens is 4. The summed E-state index contributed by atoms with van der Waals surface area (Å²) < 4.78 is 11.7. The molecule has 170 valence electrons. The highest BCUT2D eigenvalue weighted by Crippen LogP contribution is 2.28. The monoisotopic (exact) mass is 448 g/mol. The van der Waals surface area contributed by atoms with Gasteiger partial charge in [0.05, 0.1) is 37.4 Å². The molecule has 0 amide bonds. The highest BCUT2D eigenvalue weighted by atomic mass is 16.5. The Bertz CT molecular complexity index is 1320. The van der Waals surface area contributed by atoms with Gasteiger partial charge in [0, 0.05) is 43.0 Å². The number of nitrogen functional groups attached to an aromatic ring is 1. The van der Waals surface area contributed by atoms with Crippen molar-refractivity contribution in [2.75, 3.05) is 31.9 Å². The van der Waals surface area contributed by atoms with Crippen LogP contribution >= 0.6 is 0 Å². The van der Waals surface area contributed by atoms with Crippen molar-refractivity contribution in [3.8, 4) is 17.0 Å². The second-order valence-corrected chi connectivity index (χ2v) is 7.39. The average Bonchev–Trinajstić information content (AvgIpc) is 2.81. The van der Waals surface area contributed by atoms with Gasteiger partial charge < -0.3 is 30.2 Å². The van der Waals surface area contributed by atoms with Crippen molar-refractivity contribution in [1.29, 1.82) is 0 Å². The number of aliphatic hydroxyl groups is 1. The van der Waals surface area contributed by atoms with Crippen molar-refractivity contribution < 1.29 is 14.6 Å². The highest BCUT2D eigenvalue weighted by molar-refractivity contribution is 5.95. The molecule has 0 bridgehead atoms. The maximum absolute atomic E-state index is 13.4. The second-order valence-electron chi connectivity index (χ2n) is 7.39. The van der Waals surface area contributed by atoms with Gasteiger partial charge in [-0.25, -0.2) is 15.0 Å². The Morgan fingerprint density at radius 1 is 1.18 bits per heavy atom. The number of nitrogens with zero attached hydrogens (tertiary/aromatic N) is 4. The molecule has 0 aliphatic heterocycles. The Labute approximate surface area is 189 Å². The fraction of sp³-hybridized carbons (Fsp3) is 0.217. The summed E-state index contributed by atoms with van der Waals surface area (Å²) in [6, 6.07) is 10.9. The standard InChI is InChI=1S/C23H24N6O4/c1-32-13-17(30)12-29-7-6-14-8-19(15-10-25-23(24)26-11-15)28-21(20(14)22(29)31)27-16-4-3-5-18(9-16)33-2/h3-11,17,30H,12-13H2,1-2H3,(H,27,28)(H2,24,25,26). The minimum Gasteiger partial charge on any atom is -0.497 e. The molecule has 1 unspecified atom stereocenters. The molecule has 0 spiro atoms. The Morgan fingerprint density at radius 3 is 2.70 bits per heavy atom. The molecule has 10 nitrogen and oxygen atoms in total. The molecule has 0 saturated heterocycles. The van der Waals surface area contributed by atoms with E-state index in [0.29, 0.717) is 39.3 Å². The first kappa shape index (κ1) is 22.2. The molecule has 1 aromatic carbocycles. The van der Waals surface area contributed by atoms with Crippen LogP contribution in [0.1, 0.15) is 0 Å². The fourth-order valence-electron chi connectivity index (χ4n) is 3.46. The van der Waals surface area contributed by atoms with Gasteiger partial charge in [-0.05, 0) is 29.7 Å². The van der Waals surface area contributed by atoms with Crippen LogP contribution in [0.5, 0.6) is 5.75 Å². The van der Waals surface area contributed by atoms with E-state index >= 15 is 0 Å². The van der Waals surface area contributed by atoms with E-state index in [9.17, 15) is 9.90 Å². The molecule has 33 heavy (non-hydrogen) atoms. The molecule has 0 fully saturated rings. The number of rotatable bonds is 8. The zero-order valence-electron chi connectivity index (χ0n) is 18.2. The molecule has 0 radical (unpaired) electrons. The van der Waals surface area contributed by atoms with Gasteiger partial charge >= 0.3 is 0 Å². The lowest BCUT2D eigenvalue weighted by atomic mass is 10.1. The first-order chi connectivity index (χ1) is 16.0. The largest absolute Gasteiger partial charge is 0.497 e. The van der Waals surface area contributed by atoms with Crippen LogP contribution in [0.15, 0.2) is 59.8 Å². The number of methoxy groups -OCH3 is 2. The molecular formula is C23H24N6O4. The lowest BCUT2D eigenvalue weighted by Gasteiger charge is -2.15. The van der Waals surface area contributed by atoms with Crippen LogP contribution in [-0.4, -0.2) is 51.6 Å². The van der Waals surface area contributed by atoms with Crippen LogP contribution in [0.4, 0.5) is 17.5 Å². The minimum absolute atomic E-state index is 0.0920. The van der Waals surface area contributed by atoms with Gasteiger partial charge in [-0.1, -0.05) is 6.07 Å². The van der Waals surface area contributed by atoms with Gasteiger partial charge in [0.1, 0.15) is 11.6 Å². The van der Waals surface area contributed by atoms with Crippen LogP contribution in [0, 0.1) is 0 Å². The molecule has 10 heteroatoms. The number of pyridine rings is 2. The summed E-state index contributed by atoms with van der Waals surface area (Å²) in [6.45, 7) is 0.211. The number of aliphatic hydroxyl groups excluding tert-OH is 1. The second kappa shape index (κ2) is 9.63. The molecule has 4 rings (SSSR count). The SMILES string of the molecule is COCC(O)Cn1ccc2cc(-c3cnc(N)nc3)nc(Nc3cccc(OC)c3)c2c1=O. The van der Waals surface area contributed by atoms with Gasteiger partial charge in [0.25, 0.3) is 5.56 Å². The quantitative estimate of drug-likeness (QED) is 0.370. The van der Waals surface area contributed by atoms with Crippen LogP contribution in [-0.2, 0) is 11.3 Å². The third kappa shape index (κ3) is 4.92. The number of nitrogens with two attached hydrogens (primary N) is 1. The smallest absolute Gasteiger partial charge is 0.262 e. The number of fused-ring (bicyclic) bond motifs is 1. The van der Waals surface area contributed by atoms with E-state index in [4.69, 9.17) is 20.2 Å². The van der Waals surface area contributed by atoms with Crippen molar-refractivity contribution in [2.24, 2.45) is 0 Å². The summed E-state index contributed by atoms with van der Waals surface area (Å²) in [4.78, 5) is 26.1. The van der Waals surface area contributed by atoms with E-state index in [-0.39, 0.29) is 24.7 Å². The lowest BCUT2D eigenvalue weighted by Crippen LogP contribution is -2.29. The van der Waals surface area contributed by atoms with E-state index in [2.05, 4.69) is 15.3 Å². The number of anilines is 3. The normalized spacial score (nSPS) is 12.0. The van der Waals surface area contributed by atoms with Crippen molar-refractivity contribution in [2.45, 2.75) is 12.6 Å². The lowest BCUT2D eigenvalue weighted by molar-refractivity contribution is 0.0531. The van der Waals surface area contributed by atoms with E-state index < -0.39 is 6.10 Å². The highest BCUT2D eigenvalue weighted by Gasteiger charge is 2.15. The Hall–Kier alpha value is -4.02. The van der Waals surface area contributed by atoms with Crippen molar-refractivity contribution in [3.63, 3.8) is 0 Å². The maximum atomic E-state index is 13.4. The van der Waals surface area contributed by atoms with Gasteiger partial charge in [0.2, 0.25) is 5.95 Å². The van der Waals surface area contributed by atoms with E-state index in [1.165, 1.54) is 11.7 Å². The molecule has 0 aliphatic rings. The molecule has 4 N–H and O–H groups in total. The topological polar surface area (TPSA) is 137 Å². The third-order valence-electron chi connectivity index (χ3n) is 5.03. The first-order valence-corrected chi connectivity index (χ1v) is 10.2. The van der Waals surface area contributed by atoms with Crippen molar-refractivity contribution in [3.05, 3.63) is 65.3 Å². The van der Waals surface area contributed by atoms with Crippen molar-refractivity contribution in [1.82, 2.24) is 19.5 Å². The van der Waals surface area contributed by atoms with Gasteiger partial charge in [-0.15, -0.1) is 0 Å². The molecule has 0 saturated carbocycles. The number of benzene rings is 1. The zero-order valence-corrected chi connectivity index (χ0v) is 18.2. The summed E-state index contributed by atoms with van der Waals surface area (Å²) in [6.07, 6.45) is 3.98. The average molecular weight is 448 g/mol. The summed E-state index contributed by atoms with van der Waals surface area (Å²) >= 11 is 0. The third-order valence-corrected chi connectivity index (χ3v) is 5.03. The van der Waals surface area contributed by atoms with Gasteiger partial charge in [-0.2, -0.15) is 0 Å². The minimum atomic E-state index is -0.820. The zero-order chi connectivity index (χ0) is 23.4. The van der Waals surface area contributed by atoms with E-state index in [1.54, 1.807) is 43.9 Å². The van der Waals surface area contributed by atoms with Crippen LogP contribution in [0.3, 0.4) is 0 Å². The molecule has 4 aromatic rings. The Balaban J connectivity index is 1.86. The van der Waals surface area contributed by atoms with Gasteiger partial charge in [0.15, 0.2) is 0 Å². The number of ether oxygens (including phenoxy) is 2. The van der Waals surface area contributed by atoms with E-state index in [1.807, 2.05) is 18.2 Å². The molecule has 3 heterocycles. The summed E-state index contributed by atoms with van der Waals surface area (Å²) in [5.41, 5.74) is 7.24. The molecule has 3 aromatic heterocycles. The molecular weight excluding hydrogens is 424 g/mol. The van der Waals surface area contributed by atoms with Crippen LogP contribution in [0.2, 0.25) is 0 Å². The molecule has 1 atom stereocenters. The summed E-state index contributed by atoms with van der Waals surface area (Å²) in [7, 11) is 3.08. The number of nitrogens with one attached hydrogen (secondary N) is 1. The predicted molar refractivity (Wildman–Crippen MR) is 126 cm³/mol. The number of hydrogen-bond acceptors (Lipinski definition) is 9. The summed E-state index contributed by atoms with van der Waals surface area (Å²) in [5.74, 6) is 1.17. The predicted octanol–water partition coefficient (Wildman–Crippen LogP) is 2.20. The Morgan fingerprint density at radius 2 is 1.97 bits per heavy atom. The van der Waals surface area contributed by atoms with Crippen LogP contribution < -0.4 is 21.3 Å². The maximum Gasteiger partial charge on any atom is 0.262 e. The van der Waals surface area contributed by atoms with Crippen molar-refractivity contribution >= 4 is 28.2 Å². The van der Waals surface area contributed by atoms with E-state index in [0.717, 1.165) is 0 Å². The molecule has 0 aliphatic carbocycles. The Kier molecular flexibility index (Phi) is 6.48. The fourth-order valence-corrected chi connectivity index (χ4v) is 3.46. The van der Waals surface area contributed by atoms with Crippen LogP contribution in [0.25, 0.3) is 22.0 Å². The summed E-state index contributed by atoms with van der Waals surface area (Å²) in [5, 5.41) is 14.4. The van der Waals surface area contributed by atoms with Gasteiger partial charge in [-0.3, -0.25) is 4.79 Å².